The lowest BCUT2D eigenvalue weighted by Gasteiger charge is -2.09. The fraction of sp³-hybridized carbons (Fsp3) is 0.0833. The smallest absolute Gasteiger partial charge is 0.337 e. The number of nitrogens with zero attached hydrogens (tertiary/aromatic N) is 3. The summed E-state index contributed by atoms with van der Waals surface area (Å²) in [6, 6.07) is 4.04. The molecule has 2 amide bonds. The topological polar surface area (TPSA) is 117 Å². The first-order valence-electron chi connectivity index (χ1n) is 5.62. The largest absolute Gasteiger partial charge is 0.478 e. The number of aromatic nitrogens is 3. The Morgan fingerprint density at radius 2 is 2.00 bits per heavy atom. The van der Waals surface area contributed by atoms with Gasteiger partial charge in [0.25, 0.3) is 5.95 Å². The van der Waals surface area contributed by atoms with E-state index in [0.717, 1.165) is 5.56 Å². The Hall–Kier alpha value is -3.03. The zero-order valence-electron chi connectivity index (χ0n) is 10.5. The van der Waals surface area contributed by atoms with E-state index in [1.165, 1.54) is 24.5 Å². The number of amides is 2. The lowest BCUT2D eigenvalue weighted by atomic mass is 10.1. The van der Waals surface area contributed by atoms with Gasteiger partial charge in [-0.15, -0.1) is 5.10 Å². The van der Waals surface area contributed by atoms with Gasteiger partial charge in [-0.05, 0) is 19.1 Å². The van der Waals surface area contributed by atoms with Gasteiger partial charge in [0.2, 0.25) is 0 Å². The van der Waals surface area contributed by atoms with Crippen molar-refractivity contribution in [1.82, 2.24) is 15.2 Å². The minimum atomic E-state index is -1.12. The van der Waals surface area contributed by atoms with Gasteiger partial charge in [-0.3, -0.25) is 5.32 Å². The maximum Gasteiger partial charge on any atom is 0.337 e. The number of hydrogen-bond donors (Lipinski definition) is 3. The molecule has 102 valence electrons. The van der Waals surface area contributed by atoms with Crippen molar-refractivity contribution in [2.24, 2.45) is 0 Å². The first-order valence-corrected chi connectivity index (χ1v) is 5.62. The molecule has 3 N–H and O–H groups in total. The number of carbonyl (C=O) groups excluding carboxylic acids is 1. The first-order chi connectivity index (χ1) is 9.56. The summed E-state index contributed by atoms with van der Waals surface area (Å²) in [5.74, 6) is -1.10. The van der Waals surface area contributed by atoms with Gasteiger partial charge < -0.3 is 10.4 Å². The van der Waals surface area contributed by atoms with Crippen LogP contribution in [0.3, 0.4) is 0 Å². The van der Waals surface area contributed by atoms with Crippen LogP contribution in [0.4, 0.5) is 16.4 Å². The van der Waals surface area contributed by atoms with Gasteiger partial charge in [-0.1, -0.05) is 11.6 Å². The van der Waals surface area contributed by atoms with Crippen LogP contribution in [0.2, 0.25) is 0 Å². The van der Waals surface area contributed by atoms with Crippen LogP contribution in [0.5, 0.6) is 0 Å². The highest BCUT2D eigenvalue weighted by molar-refractivity contribution is 6.04. The molecule has 0 aliphatic carbocycles. The Morgan fingerprint density at radius 3 is 2.65 bits per heavy atom. The molecule has 0 radical (unpaired) electrons. The van der Waals surface area contributed by atoms with Gasteiger partial charge in [0.05, 0.1) is 23.6 Å². The van der Waals surface area contributed by atoms with Gasteiger partial charge in [0, 0.05) is 0 Å². The second kappa shape index (κ2) is 5.74. The Labute approximate surface area is 113 Å². The van der Waals surface area contributed by atoms with Crippen LogP contribution >= 0.6 is 0 Å². The third-order valence-corrected chi connectivity index (χ3v) is 2.36. The van der Waals surface area contributed by atoms with E-state index in [4.69, 9.17) is 5.11 Å². The number of carboxylic acids is 1. The van der Waals surface area contributed by atoms with Crippen molar-refractivity contribution in [2.75, 3.05) is 10.6 Å². The summed E-state index contributed by atoms with van der Waals surface area (Å²) in [6.07, 6.45) is 2.74. The van der Waals surface area contributed by atoms with Crippen molar-refractivity contribution in [3.63, 3.8) is 0 Å². The molecule has 1 aromatic carbocycles. The second-order valence-electron chi connectivity index (χ2n) is 3.90. The third-order valence-electron chi connectivity index (χ3n) is 2.36. The first kappa shape index (κ1) is 13.4. The normalized spacial score (nSPS) is 9.85. The Kier molecular flexibility index (Phi) is 3.85. The van der Waals surface area contributed by atoms with Crippen LogP contribution in [0.15, 0.2) is 30.6 Å². The van der Waals surface area contributed by atoms with Crippen LogP contribution < -0.4 is 10.6 Å². The van der Waals surface area contributed by atoms with E-state index in [0.29, 0.717) is 0 Å². The Morgan fingerprint density at radius 1 is 1.20 bits per heavy atom. The molecule has 8 nitrogen and oxygen atoms in total. The zero-order valence-corrected chi connectivity index (χ0v) is 10.5. The predicted octanol–water partition coefficient (Wildman–Crippen LogP) is 1.52. The standard InChI is InChI=1S/C12H11N5O3/c1-7-2-3-9(8(6-7)10(18)19)15-12(20)16-11-13-4-5-14-17-11/h2-6H,1H3,(H,18,19)(H2,13,15,16,17,20). The Balaban J connectivity index is 2.14. The van der Waals surface area contributed by atoms with E-state index in [-0.39, 0.29) is 17.2 Å². The molecule has 0 aliphatic rings. The summed E-state index contributed by atoms with van der Waals surface area (Å²) < 4.78 is 0. The number of nitrogens with one attached hydrogen (secondary N) is 2. The number of rotatable bonds is 3. The summed E-state index contributed by atoms with van der Waals surface area (Å²) in [5, 5.41) is 21.0. The number of urea groups is 1. The molecule has 8 heteroatoms. The lowest BCUT2D eigenvalue weighted by molar-refractivity contribution is 0.0698. The molecule has 0 saturated carbocycles. The maximum atomic E-state index is 11.7. The average molecular weight is 273 g/mol. The molecular weight excluding hydrogens is 262 g/mol. The minimum Gasteiger partial charge on any atom is -0.478 e. The highest BCUT2D eigenvalue weighted by atomic mass is 16.4. The minimum absolute atomic E-state index is 0.00672. The van der Waals surface area contributed by atoms with Crippen molar-refractivity contribution in [3.8, 4) is 0 Å². The molecule has 0 atom stereocenters. The van der Waals surface area contributed by atoms with Gasteiger partial charge >= 0.3 is 12.0 Å². The number of hydrogen-bond acceptors (Lipinski definition) is 5. The van der Waals surface area contributed by atoms with E-state index in [9.17, 15) is 9.59 Å². The number of carboxylic acid groups (broad SMARTS) is 1. The predicted molar refractivity (Wildman–Crippen MR) is 70.6 cm³/mol. The fourth-order valence-corrected chi connectivity index (χ4v) is 1.50. The monoisotopic (exact) mass is 273 g/mol. The van der Waals surface area contributed by atoms with Crippen molar-refractivity contribution in [2.45, 2.75) is 6.92 Å². The van der Waals surface area contributed by atoms with Gasteiger partial charge in [0.1, 0.15) is 0 Å². The molecular formula is C12H11N5O3. The highest BCUT2D eigenvalue weighted by Gasteiger charge is 2.13. The quantitative estimate of drug-likeness (QED) is 0.780. The van der Waals surface area contributed by atoms with E-state index in [1.807, 2.05) is 0 Å². The molecule has 20 heavy (non-hydrogen) atoms. The van der Waals surface area contributed by atoms with Crippen LogP contribution in [-0.2, 0) is 0 Å². The number of anilines is 2. The Bertz CT molecular complexity index is 645. The SMILES string of the molecule is Cc1ccc(NC(=O)Nc2nccnn2)c(C(=O)O)c1. The van der Waals surface area contributed by atoms with Crippen molar-refractivity contribution >= 4 is 23.6 Å². The summed E-state index contributed by atoms with van der Waals surface area (Å²) in [4.78, 5) is 26.6. The van der Waals surface area contributed by atoms with E-state index in [2.05, 4.69) is 25.8 Å². The summed E-state index contributed by atoms with van der Waals surface area (Å²) in [7, 11) is 0. The molecule has 0 unspecified atom stereocenters. The second-order valence-corrected chi connectivity index (χ2v) is 3.90. The van der Waals surface area contributed by atoms with Gasteiger partial charge in [0.15, 0.2) is 0 Å². The molecule has 0 spiro atoms. The van der Waals surface area contributed by atoms with E-state index < -0.39 is 12.0 Å². The number of benzene rings is 1. The van der Waals surface area contributed by atoms with Crippen molar-refractivity contribution < 1.29 is 14.7 Å². The molecule has 2 rings (SSSR count). The molecule has 0 saturated heterocycles. The summed E-state index contributed by atoms with van der Waals surface area (Å²) in [5.41, 5.74) is 0.973. The van der Waals surface area contributed by atoms with Crippen LogP contribution in [0, 0.1) is 6.92 Å². The number of carbonyl (C=O) groups is 2. The molecule has 0 aliphatic heterocycles. The number of aryl methyl sites for hydroxylation is 1. The third kappa shape index (κ3) is 3.25. The number of aromatic carboxylic acids is 1. The van der Waals surface area contributed by atoms with E-state index >= 15 is 0 Å². The van der Waals surface area contributed by atoms with Gasteiger partial charge in [-0.25, -0.2) is 14.6 Å². The van der Waals surface area contributed by atoms with E-state index in [1.54, 1.807) is 13.0 Å². The molecule has 0 bridgehead atoms. The molecule has 1 heterocycles. The fourth-order valence-electron chi connectivity index (χ4n) is 1.50. The lowest BCUT2D eigenvalue weighted by Crippen LogP contribution is -2.22. The molecule has 2 aromatic rings. The van der Waals surface area contributed by atoms with Gasteiger partial charge in [-0.2, -0.15) is 5.10 Å². The van der Waals surface area contributed by atoms with Crippen LogP contribution in [0.1, 0.15) is 15.9 Å². The molecule has 0 fully saturated rings. The summed E-state index contributed by atoms with van der Waals surface area (Å²) >= 11 is 0. The average Bonchev–Trinajstić information content (AvgIpc) is 2.41. The maximum absolute atomic E-state index is 11.7. The zero-order chi connectivity index (χ0) is 14.5. The van der Waals surface area contributed by atoms with Crippen LogP contribution in [0.25, 0.3) is 0 Å². The van der Waals surface area contributed by atoms with Crippen molar-refractivity contribution in [3.05, 3.63) is 41.7 Å². The van der Waals surface area contributed by atoms with Crippen molar-refractivity contribution in [1.29, 1.82) is 0 Å². The summed E-state index contributed by atoms with van der Waals surface area (Å²) in [6.45, 7) is 1.76. The van der Waals surface area contributed by atoms with Crippen LogP contribution in [-0.4, -0.2) is 32.3 Å². The molecule has 1 aromatic heterocycles. The highest BCUT2D eigenvalue weighted by Crippen LogP contribution is 2.17.